The summed E-state index contributed by atoms with van der Waals surface area (Å²) in [6.07, 6.45) is 7.77. The minimum atomic E-state index is 0.0581. The van der Waals surface area contributed by atoms with Gasteiger partial charge in [-0.1, -0.05) is 0 Å². The first-order chi connectivity index (χ1) is 28.5. The van der Waals surface area contributed by atoms with E-state index in [4.69, 9.17) is 0 Å². The molecule has 6 aromatic rings. The summed E-state index contributed by atoms with van der Waals surface area (Å²) in [5, 5.41) is 48.4. The predicted octanol–water partition coefficient (Wildman–Crippen LogP) is 9.66. The number of hydrogen-bond donors (Lipinski definition) is 4. The van der Waals surface area contributed by atoms with E-state index in [1.54, 1.807) is 6.07 Å². The summed E-state index contributed by atoms with van der Waals surface area (Å²) in [5.74, 6) is 2.01. The van der Waals surface area contributed by atoms with Gasteiger partial charge in [0.15, 0.2) is 11.6 Å². The second-order valence-electron chi connectivity index (χ2n) is 19.9. The Morgan fingerprint density at radius 2 is 1.03 bits per heavy atom. The zero-order valence-electron chi connectivity index (χ0n) is 37.7. The minimum Gasteiger partial charge on any atom is -0.507 e. The topological polar surface area (TPSA) is 148 Å². The smallest absolute Gasteiger partial charge is 0.151 e. The fourth-order valence-corrected chi connectivity index (χ4v) is 10.3. The monoisotopic (exact) mass is 888 g/mol. The molecule has 0 unspecified atom stereocenters. The lowest BCUT2D eigenvalue weighted by molar-refractivity contribution is 0.160. The Morgan fingerprint density at radius 1 is 0.590 bits per heavy atom. The number of piperidine rings is 2. The second-order valence-corrected chi connectivity index (χ2v) is 20.7. The molecule has 4 aromatic heterocycles. The van der Waals surface area contributed by atoms with Crippen molar-refractivity contribution in [3.05, 3.63) is 82.6 Å². The van der Waals surface area contributed by atoms with Gasteiger partial charge in [-0.15, -0.1) is 20.4 Å². The fraction of sp³-hybridized carbons (Fsp3) is 0.458. The SMILES string of the molecule is Cc1cnc2cc(-c3ccc(N(C)C4CC(C)(C)NC(C)(C)C4)nn3)c(O)c(Br)c2c1.Cc1cnc2cc(-c3ccc(N(C)C4CC(C)(C)NC(C)(C)C4)nn3)c(O)cc2c1. The van der Waals surface area contributed by atoms with Crippen molar-refractivity contribution in [2.75, 3.05) is 23.9 Å². The highest BCUT2D eigenvalue weighted by atomic mass is 79.9. The molecule has 0 amide bonds. The maximum absolute atomic E-state index is 10.8. The van der Waals surface area contributed by atoms with Gasteiger partial charge in [-0.2, -0.15) is 0 Å². The quantitative estimate of drug-likeness (QED) is 0.126. The lowest BCUT2D eigenvalue weighted by Gasteiger charge is -2.49. The lowest BCUT2D eigenvalue weighted by Crippen LogP contribution is -2.62. The number of phenolic OH excluding ortho intramolecular Hbond substituents is 2. The largest absolute Gasteiger partial charge is 0.507 e. The fourth-order valence-electron chi connectivity index (χ4n) is 9.77. The van der Waals surface area contributed by atoms with E-state index in [0.29, 0.717) is 39.1 Å². The summed E-state index contributed by atoms with van der Waals surface area (Å²) in [5.41, 5.74) is 6.49. The van der Waals surface area contributed by atoms with Gasteiger partial charge in [-0.05, 0) is 177 Å². The molecule has 61 heavy (non-hydrogen) atoms. The molecule has 322 valence electrons. The van der Waals surface area contributed by atoms with Gasteiger partial charge < -0.3 is 30.6 Å². The van der Waals surface area contributed by atoms with Crippen LogP contribution in [0.3, 0.4) is 0 Å². The van der Waals surface area contributed by atoms with Gasteiger partial charge in [0.1, 0.15) is 11.5 Å². The number of pyridine rings is 2. The highest BCUT2D eigenvalue weighted by molar-refractivity contribution is 9.10. The van der Waals surface area contributed by atoms with Crippen LogP contribution in [0.15, 0.2) is 71.5 Å². The first kappa shape index (κ1) is 44.1. The Labute approximate surface area is 368 Å². The van der Waals surface area contributed by atoms with Gasteiger partial charge in [0, 0.05) is 82.6 Å². The number of aromatic nitrogens is 6. The Hall–Kier alpha value is -4.98. The normalized spacial score (nSPS) is 18.4. The van der Waals surface area contributed by atoms with Gasteiger partial charge in [0.25, 0.3) is 0 Å². The van der Waals surface area contributed by atoms with Gasteiger partial charge in [-0.25, -0.2) is 0 Å². The lowest BCUT2D eigenvalue weighted by atomic mass is 9.79. The molecule has 0 spiro atoms. The molecule has 13 heteroatoms. The van der Waals surface area contributed by atoms with Crippen molar-refractivity contribution in [1.29, 1.82) is 0 Å². The van der Waals surface area contributed by atoms with Crippen LogP contribution >= 0.6 is 15.9 Å². The summed E-state index contributed by atoms with van der Waals surface area (Å²) in [7, 11) is 4.17. The molecule has 0 radical (unpaired) electrons. The Bertz CT molecular complexity index is 2530. The van der Waals surface area contributed by atoms with Crippen molar-refractivity contribution in [3.8, 4) is 34.0 Å². The Kier molecular flexibility index (Phi) is 11.8. The number of benzene rings is 2. The number of nitrogens with zero attached hydrogens (tertiary/aromatic N) is 8. The van der Waals surface area contributed by atoms with Crippen LogP contribution in [0.2, 0.25) is 0 Å². The van der Waals surface area contributed by atoms with E-state index in [0.717, 1.165) is 70.3 Å². The molecule has 0 bridgehead atoms. The number of phenols is 2. The van der Waals surface area contributed by atoms with Crippen molar-refractivity contribution >= 4 is 49.4 Å². The molecule has 0 saturated carbocycles. The van der Waals surface area contributed by atoms with Crippen LogP contribution in [-0.2, 0) is 0 Å². The first-order valence-corrected chi connectivity index (χ1v) is 21.9. The Morgan fingerprint density at radius 3 is 1.51 bits per heavy atom. The van der Waals surface area contributed by atoms with Crippen molar-refractivity contribution in [1.82, 2.24) is 41.0 Å². The number of aromatic hydroxyl groups is 2. The molecule has 2 fully saturated rings. The molecule has 2 saturated heterocycles. The van der Waals surface area contributed by atoms with E-state index >= 15 is 0 Å². The molecule has 2 aliphatic heterocycles. The Balaban J connectivity index is 0.000000184. The van der Waals surface area contributed by atoms with Crippen molar-refractivity contribution in [2.24, 2.45) is 0 Å². The summed E-state index contributed by atoms with van der Waals surface area (Å²) in [4.78, 5) is 13.4. The van der Waals surface area contributed by atoms with Gasteiger partial charge in [0.05, 0.1) is 26.9 Å². The molecular formula is C48H61BrN10O2. The van der Waals surface area contributed by atoms with Crippen LogP contribution < -0.4 is 20.4 Å². The zero-order chi connectivity index (χ0) is 44.2. The maximum Gasteiger partial charge on any atom is 0.151 e. The molecule has 2 aromatic carbocycles. The molecule has 12 nitrogen and oxygen atoms in total. The molecule has 4 N–H and O–H groups in total. The van der Waals surface area contributed by atoms with E-state index in [9.17, 15) is 10.2 Å². The summed E-state index contributed by atoms with van der Waals surface area (Å²) < 4.78 is 0.623. The molecule has 8 rings (SSSR count). The number of aryl methyl sites for hydroxylation is 2. The van der Waals surface area contributed by atoms with Crippen LogP contribution in [0.1, 0.15) is 92.2 Å². The van der Waals surface area contributed by atoms with Crippen molar-refractivity contribution < 1.29 is 10.2 Å². The van der Waals surface area contributed by atoms with E-state index in [1.807, 2.05) is 74.8 Å². The highest BCUT2D eigenvalue weighted by Crippen LogP contribution is 2.41. The van der Waals surface area contributed by atoms with E-state index in [1.165, 1.54) is 0 Å². The van der Waals surface area contributed by atoms with Gasteiger partial charge in [-0.3, -0.25) is 9.97 Å². The molecule has 6 heterocycles. The van der Waals surface area contributed by atoms with Crippen molar-refractivity contribution in [3.63, 3.8) is 0 Å². The number of nitrogens with one attached hydrogen (secondary N) is 2. The van der Waals surface area contributed by atoms with Gasteiger partial charge >= 0.3 is 0 Å². The molecular weight excluding hydrogens is 828 g/mol. The number of fused-ring (bicyclic) bond motifs is 2. The van der Waals surface area contributed by atoms with Crippen LogP contribution in [0, 0.1) is 13.8 Å². The number of anilines is 2. The first-order valence-electron chi connectivity index (χ1n) is 21.1. The zero-order valence-corrected chi connectivity index (χ0v) is 39.3. The number of rotatable bonds is 6. The summed E-state index contributed by atoms with van der Waals surface area (Å²) in [6, 6.07) is 18.0. The third-order valence-electron chi connectivity index (χ3n) is 12.0. The minimum absolute atomic E-state index is 0.0581. The van der Waals surface area contributed by atoms with Crippen molar-refractivity contribution in [2.45, 2.75) is 129 Å². The molecule has 0 atom stereocenters. The van der Waals surface area contributed by atoms with Crippen LogP contribution in [0.5, 0.6) is 11.5 Å². The summed E-state index contributed by atoms with van der Waals surface area (Å²) in [6.45, 7) is 22.0. The molecule has 0 aliphatic carbocycles. The average Bonchev–Trinajstić information content (AvgIpc) is 3.16. The van der Waals surface area contributed by atoms with Crippen LogP contribution in [-0.4, -0.2) is 88.9 Å². The average molecular weight is 890 g/mol. The summed E-state index contributed by atoms with van der Waals surface area (Å²) >= 11 is 3.52. The van der Waals surface area contributed by atoms with E-state index < -0.39 is 0 Å². The van der Waals surface area contributed by atoms with Gasteiger partial charge in [0.2, 0.25) is 0 Å². The third kappa shape index (κ3) is 9.90. The standard InChI is InChI=1S/C24H30BrN5O.C24H31N5O/c1-14-9-16-19(26-13-14)10-17(22(31)21(16)25)18-7-8-20(28-27-18)30(6)15-11-23(2,3)29-24(4,5)12-15;1-15-9-16-10-21(30)18(11-20(16)25-14-15)19-7-8-22(27-26-19)29(6)17-12-23(2,3)28-24(4,5)13-17/h7-10,13,15,29,31H,11-12H2,1-6H3;7-11,14,17,28,30H,12-13H2,1-6H3. The predicted molar refractivity (Wildman–Crippen MR) is 251 cm³/mol. The molecule has 2 aliphatic rings. The third-order valence-corrected chi connectivity index (χ3v) is 12.8. The van der Waals surface area contributed by atoms with E-state index in [-0.39, 0.29) is 33.7 Å². The maximum atomic E-state index is 10.8. The van der Waals surface area contributed by atoms with Crippen LogP contribution in [0.25, 0.3) is 44.3 Å². The number of halogens is 1. The number of hydrogen-bond acceptors (Lipinski definition) is 12. The van der Waals surface area contributed by atoms with Crippen LogP contribution in [0.4, 0.5) is 11.6 Å². The van der Waals surface area contributed by atoms with E-state index in [2.05, 4.69) is 136 Å². The highest BCUT2D eigenvalue weighted by Gasteiger charge is 2.41. The second kappa shape index (κ2) is 16.4.